The van der Waals surface area contributed by atoms with Crippen LogP contribution in [0.25, 0.3) is 0 Å². The van der Waals surface area contributed by atoms with Crippen molar-refractivity contribution in [3.63, 3.8) is 0 Å². The van der Waals surface area contributed by atoms with Crippen molar-refractivity contribution in [2.24, 2.45) is 0 Å². The van der Waals surface area contributed by atoms with Crippen LogP contribution in [-0.2, 0) is 16.0 Å². The fraction of sp³-hybridized carbons (Fsp3) is 0.650. The number of aryl methyl sites for hydroxylation is 1. The Labute approximate surface area is 161 Å². The fourth-order valence-corrected chi connectivity index (χ4v) is 2.72. The Balaban J connectivity index is 2.16. The van der Waals surface area contributed by atoms with Crippen molar-refractivity contribution in [2.75, 3.05) is 27.4 Å². The van der Waals surface area contributed by atoms with Gasteiger partial charge in [-0.1, -0.05) is 0 Å². The number of ether oxygens (including phenoxy) is 4. The van der Waals surface area contributed by atoms with E-state index in [1.165, 1.54) is 13.8 Å². The average molecular weight is 381 g/mol. The van der Waals surface area contributed by atoms with E-state index >= 15 is 0 Å². The molecule has 152 valence electrons. The zero-order valence-electron chi connectivity index (χ0n) is 16.9. The molecule has 2 rings (SSSR count). The Bertz CT molecular complexity index is 636. The number of benzene rings is 1. The standard InChI is InChI=1S/C20H31NO6/c1-14-11-17(25-5)18(26-10-6-9-24-4)12-15(14)13-21(16-7-8-16)19(22)27-20(2,3)23/h11-12,16,23H,6-10,13H2,1-5H3. The summed E-state index contributed by atoms with van der Waals surface area (Å²) in [5.74, 6) is -0.207. The van der Waals surface area contributed by atoms with Crippen LogP contribution < -0.4 is 9.47 Å². The Morgan fingerprint density at radius 2 is 1.93 bits per heavy atom. The van der Waals surface area contributed by atoms with Gasteiger partial charge < -0.3 is 29.0 Å². The van der Waals surface area contributed by atoms with Gasteiger partial charge in [0, 0.05) is 46.6 Å². The fourth-order valence-electron chi connectivity index (χ4n) is 2.72. The number of aliphatic hydroxyl groups is 1. The van der Waals surface area contributed by atoms with Gasteiger partial charge in [-0.15, -0.1) is 0 Å². The Morgan fingerprint density at radius 3 is 2.48 bits per heavy atom. The highest BCUT2D eigenvalue weighted by molar-refractivity contribution is 5.69. The van der Waals surface area contributed by atoms with Gasteiger partial charge in [0.1, 0.15) is 0 Å². The van der Waals surface area contributed by atoms with Gasteiger partial charge in [0.25, 0.3) is 0 Å². The third-order valence-corrected chi connectivity index (χ3v) is 4.27. The van der Waals surface area contributed by atoms with Crippen molar-refractivity contribution >= 4 is 6.09 Å². The minimum Gasteiger partial charge on any atom is -0.493 e. The van der Waals surface area contributed by atoms with E-state index in [1.807, 2.05) is 19.1 Å². The van der Waals surface area contributed by atoms with E-state index in [9.17, 15) is 9.90 Å². The molecule has 0 radical (unpaired) electrons. The maximum atomic E-state index is 12.5. The number of hydrogen-bond donors (Lipinski definition) is 1. The number of amides is 1. The lowest BCUT2D eigenvalue weighted by molar-refractivity contribution is -0.140. The molecule has 7 heteroatoms. The molecule has 1 aliphatic rings. The van der Waals surface area contributed by atoms with Crippen LogP contribution in [0.1, 0.15) is 44.2 Å². The van der Waals surface area contributed by atoms with Crippen LogP contribution >= 0.6 is 0 Å². The van der Waals surface area contributed by atoms with Crippen molar-refractivity contribution in [2.45, 2.75) is 58.4 Å². The van der Waals surface area contributed by atoms with Crippen molar-refractivity contribution in [3.05, 3.63) is 23.3 Å². The number of methoxy groups -OCH3 is 2. The number of nitrogens with zero attached hydrogens (tertiary/aromatic N) is 1. The van der Waals surface area contributed by atoms with E-state index in [-0.39, 0.29) is 6.04 Å². The molecule has 0 unspecified atom stereocenters. The van der Waals surface area contributed by atoms with Gasteiger partial charge in [-0.3, -0.25) is 0 Å². The van der Waals surface area contributed by atoms with Gasteiger partial charge >= 0.3 is 6.09 Å². The van der Waals surface area contributed by atoms with E-state index < -0.39 is 11.9 Å². The summed E-state index contributed by atoms with van der Waals surface area (Å²) in [4.78, 5) is 14.1. The number of carbonyl (C=O) groups excluding carboxylic acids is 1. The first kappa shape index (κ1) is 21.3. The van der Waals surface area contributed by atoms with E-state index in [2.05, 4.69) is 0 Å². The minimum atomic E-state index is -1.51. The number of rotatable bonds is 10. The predicted octanol–water partition coefficient (Wildman–Crippen LogP) is 3.25. The van der Waals surface area contributed by atoms with Gasteiger partial charge in [-0.25, -0.2) is 4.79 Å². The molecule has 1 fully saturated rings. The Kier molecular flexibility index (Phi) is 7.33. The summed E-state index contributed by atoms with van der Waals surface area (Å²) < 4.78 is 21.5. The highest BCUT2D eigenvalue weighted by atomic mass is 16.7. The summed E-state index contributed by atoms with van der Waals surface area (Å²) in [6.07, 6.45) is 2.14. The van der Waals surface area contributed by atoms with Crippen molar-refractivity contribution in [1.29, 1.82) is 0 Å². The molecule has 0 aromatic heterocycles. The summed E-state index contributed by atoms with van der Waals surface area (Å²) in [6.45, 7) is 6.39. The van der Waals surface area contributed by atoms with Crippen LogP contribution in [0, 0.1) is 6.92 Å². The molecule has 7 nitrogen and oxygen atoms in total. The second-order valence-corrected chi connectivity index (χ2v) is 7.30. The Hall–Kier alpha value is -1.99. The summed E-state index contributed by atoms with van der Waals surface area (Å²) in [5, 5.41) is 9.80. The predicted molar refractivity (Wildman–Crippen MR) is 101 cm³/mol. The molecule has 1 aliphatic carbocycles. The van der Waals surface area contributed by atoms with E-state index in [0.29, 0.717) is 31.3 Å². The van der Waals surface area contributed by atoms with Gasteiger partial charge in [-0.05, 0) is 43.0 Å². The molecule has 0 heterocycles. The number of carbonyl (C=O) groups is 1. The van der Waals surface area contributed by atoms with Gasteiger partial charge in [0.05, 0.1) is 13.7 Å². The highest BCUT2D eigenvalue weighted by Gasteiger charge is 2.36. The van der Waals surface area contributed by atoms with E-state index in [4.69, 9.17) is 18.9 Å². The van der Waals surface area contributed by atoms with E-state index in [0.717, 1.165) is 30.4 Å². The molecule has 1 amide bonds. The lowest BCUT2D eigenvalue weighted by atomic mass is 10.1. The van der Waals surface area contributed by atoms with Crippen LogP contribution in [0.2, 0.25) is 0 Å². The molecule has 1 aromatic carbocycles. The zero-order valence-corrected chi connectivity index (χ0v) is 16.9. The molecule has 0 bridgehead atoms. The molecular weight excluding hydrogens is 350 g/mol. The summed E-state index contributed by atoms with van der Waals surface area (Å²) in [7, 11) is 3.26. The second kappa shape index (κ2) is 9.28. The van der Waals surface area contributed by atoms with Crippen LogP contribution in [0.3, 0.4) is 0 Å². The number of hydrogen-bond acceptors (Lipinski definition) is 6. The molecule has 1 N–H and O–H groups in total. The molecule has 0 atom stereocenters. The normalized spacial score (nSPS) is 14.0. The first-order chi connectivity index (χ1) is 12.7. The summed E-state index contributed by atoms with van der Waals surface area (Å²) >= 11 is 0. The lowest BCUT2D eigenvalue weighted by Gasteiger charge is -2.27. The van der Waals surface area contributed by atoms with Crippen molar-refractivity contribution in [1.82, 2.24) is 4.90 Å². The Morgan fingerprint density at radius 1 is 1.22 bits per heavy atom. The topological polar surface area (TPSA) is 77.5 Å². The third kappa shape index (κ3) is 6.59. The molecule has 0 saturated heterocycles. The maximum absolute atomic E-state index is 12.5. The first-order valence-electron chi connectivity index (χ1n) is 9.26. The smallest absolute Gasteiger partial charge is 0.412 e. The van der Waals surface area contributed by atoms with Crippen LogP contribution in [0.4, 0.5) is 4.79 Å². The van der Waals surface area contributed by atoms with Crippen molar-refractivity contribution < 1.29 is 28.8 Å². The highest BCUT2D eigenvalue weighted by Crippen LogP contribution is 2.34. The zero-order chi connectivity index (χ0) is 20.0. The second-order valence-electron chi connectivity index (χ2n) is 7.30. The monoisotopic (exact) mass is 381 g/mol. The SMILES string of the molecule is COCCCOc1cc(CN(C(=O)OC(C)(C)O)C2CC2)c(C)cc1OC. The van der Waals surface area contributed by atoms with Crippen molar-refractivity contribution in [3.8, 4) is 11.5 Å². The molecule has 0 aliphatic heterocycles. The molecule has 1 aromatic rings. The van der Waals surface area contributed by atoms with E-state index in [1.54, 1.807) is 19.1 Å². The molecular formula is C20H31NO6. The first-order valence-corrected chi connectivity index (χ1v) is 9.26. The van der Waals surface area contributed by atoms with Gasteiger partial charge in [0.2, 0.25) is 5.79 Å². The van der Waals surface area contributed by atoms with Gasteiger partial charge in [0.15, 0.2) is 11.5 Å². The largest absolute Gasteiger partial charge is 0.493 e. The lowest BCUT2D eigenvalue weighted by Crippen LogP contribution is -2.39. The third-order valence-electron chi connectivity index (χ3n) is 4.27. The van der Waals surface area contributed by atoms with Gasteiger partial charge in [-0.2, -0.15) is 0 Å². The minimum absolute atomic E-state index is 0.146. The van der Waals surface area contributed by atoms with Crippen LogP contribution in [-0.4, -0.2) is 55.4 Å². The maximum Gasteiger partial charge on any atom is 0.412 e. The van der Waals surface area contributed by atoms with Crippen LogP contribution in [0.15, 0.2) is 12.1 Å². The summed E-state index contributed by atoms with van der Waals surface area (Å²) in [5.41, 5.74) is 1.95. The average Bonchev–Trinajstić information content (AvgIpc) is 3.41. The molecule has 1 saturated carbocycles. The molecule has 0 spiro atoms. The quantitative estimate of drug-likeness (QED) is 0.495. The summed E-state index contributed by atoms with van der Waals surface area (Å²) in [6, 6.07) is 3.97. The molecule has 27 heavy (non-hydrogen) atoms. The van der Waals surface area contributed by atoms with Crippen LogP contribution in [0.5, 0.6) is 11.5 Å².